The molecule has 6 nitrogen and oxygen atoms in total. The monoisotopic (exact) mass is 466 g/mol. The van der Waals surface area contributed by atoms with E-state index in [1.54, 1.807) is 10.9 Å². The van der Waals surface area contributed by atoms with Crippen LogP contribution in [0.25, 0.3) is 23.2 Å². The van der Waals surface area contributed by atoms with Gasteiger partial charge in [0.25, 0.3) is 5.91 Å². The zero-order valence-corrected chi connectivity index (χ0v) is 20.2. The molecule has 0 spiro atoms. The van der Waals surface area contributed by atoms with Crippen LogP contribution < -0.4 is 0 Å². The van der Waals surface area contributed by atoms with E-state index in [1.807, 2.05) is 60.4 Å². The third-order valence-electron chi connectivity index (χ3n) is 6.42. The van der Waals surface area contributed by atoms with Crippen LogP contribution in [0, 0.1) is 13.8 Å². The number of benzene rings is 2. The second kappa shape index (κ2) is 10.2. The number of piperazine rings is 1. The highest BCUT2D eigenvalue weighted by Crippen LogP contribution is 2.25. The van der Waals surface area contributed by atoms with Crippen molar-refractivity contribution in [1.82, 2.24) is 19.6 Å². The number of nitrogens with zero attached hydrogens (tertiary/aromatic N) is 4. The Hall–Kier alpha value is -3.90. The first-order valence-corrected chi connectivity index (χ1v) is 12.0. The van der Waals surface area contributed by atoms with Crippen LogP contribution in [-0.4, -0.2) is 58.2 Å². The van der Waals surface area contributed by atoms with Crippen molar-refractivity contribution < 1.29 is 9.21 Å². The van der Waals surface area contributed by atoms with E-state index in [1.165, 1.54) is 11.1 Å². The van der Waals surface area contributed by atoms with Crippen LogP contribution in [0.15, 0.2) is 83.5 Å². The highest BCUT2D eigenvalue weighted by molar-refractivity contribution is 5.94. The van der Waals surface area contributed by atoms with Crippen molar-refractivity contribution in [3.8, 4) is 17.1 Å². The second-order valence-electron chi connectivity index (χ2n) is 9.00. The number of hydrogen-bond acceptors (Lipinski definition) is 4. The molecule has 0 saturated carbocycles. The lowest BCUT2D eigenvalue weighted by molar-refractivity contribution is 0.0641. The molecular formula is C29H30N4O2. The SMILES string of the molecule is Cc1ccc(-n2nc(-c3ccco3)cc2C(=O)N2CCN(C/C=C/c3ccccc3)CC2)c(C)c1. The van der Waals surface area contributed by atoms with E-state index in [-0.39, 0.29) is 5.91 Å². The lowest BCUT2D eigenvalue weighted by Gasteiger charge is -2.34. The summed E-state index contributed by atoms with van der Waals surface area (Å²) in [6.07, 6.45) is 5.96. The van der Waals surface area contributed by atoms with Gasteiger partial charge in [-0.05, 0) is 43.2 Å². The van der Waals surface area contributed by atoms with Gasteiger partial charge in [0.1, 0.15) is 11.4 Å². The fourth-order valence-electron chi connectivity index (χ4n) is 4.50. The third kappa shape index (κ3) is 5.12. The van der Waals surface area contributed by atoms with Crippen molar-refractivity contribution in [3.05, 3.63) is 101 Å². The number of furan rings is 1. The number of rotatable bonds is 6. The second-order valence-corrected chi connectivity index (χ2v) is 9.00. The van der Waals surface area contributed by atoms with Gasteiger partial charge in [0.2, 0.25) is 0 Å². The predicted molar refractivity (Wildman–Crippen MR) is 139 cm³/mol. The van der Waals surface area contributed by atoms with Crippen LogP contribution in [0.2, 0.25) is 0 Å². The molecule has 1 aliphatic rings. The number of carbonyl (C=O) groups excluding carboxylic acids is 1. The molecule has 3 heterocycles. The Labute approximate surface area is 206 Å². The summed E-state index contributed by atoms with van der Waals surface area (Å²) in [6, 6.07) is 22.0. The quantitative estimate of drug-likeness (QED) is 0.391. The molecule has 1 amide bonds. The van der Waals surface area contributed by atoms with Crippen molar-refractivity contribution in [2.45, 2.75) is 13.8 Å². The van der Waals surface area contributed by atoms with Gasteiger partial charge in [-0.1, -0.05) is 60.2 Å². The van der Waals surface area contributed by atoms with E-state index in [2.05, 4.69) is 42.2 Å². The highest BCUT2D eigenvalue weighted by Gasteiger charge is 2.26. The molecule has 0 aliphatic carbocycles. The van der Waals surface area contributed by atoms with Crippen molar-refractivity contribution in [3.63, 3.8) is 0 Å². The molecule has 1 aliphatic heterocycles. The van der Waals surface area contributed by atoms with Crippen LogP contribution >= 0.6 is 0 Å². The first-order chi connectivity index (χ1) is 17.1. The van der Waals surface area contributed by atoms with Gasteiger partial charge in [-0.3, -0.25) is 9.69 Å². The van der Waals surface area contributed by atoms with E-state index in [4.69, 9.17) is 9.52 Å². The maximum absolute atomic E-state index is 13.7. The van der Waals surface area contributed by atoms with Gasteiger partial charge in [0, 0.05) is 38.8 Å². The Morgan fingerprint density at radius 2 is 1.77 bits per heavy atom. The molecule has 5 rings (SSSR count). The minimum absolute atomic E-state index is 0.00485. The maximum Gasteiger partial charge on any atom is 0.272 e. The molecule has 2 aromatic carbocycles. The Morgan fingerprint density at radius 3 is 2.49 bits per heavy atom. The van der Waals surface area contributed by atoms with E-state index in [0.717, 1.165) is 30.9 Å². The normalized spacial score (nSPS) is 14.6. The number of amides is 1. The summed E-state index contributed by atoms with van der Waals surface area (Å²) < 4.78 is 7.34. The molecule has 0 radical (unpaired) electrons. The van der Waals surface area contributed by atoms with E-state index in [0.29, 0.717) is 30.2 Å². The Morgan fingerprint density at radius 1 is 0.971 bits per heavy atom. The summed E-state index contributed by atoms with van der Waals surface area (Å²) in [5.74, 6) is 0.646. The molecule has 0 unspecified atom stereocenters. The summed E-state index contributed by atoms with van der Waals surface area (Å²) in [5.41, 5.74) is 5.57. The van der Waals surface area contributed by atoms with Gasteiger partial charge in [-0.15, -0.1) is 0 Å². The zero-order valence-electron chi connectivity index (χ0n) is 20.2. The Kier molecular flexibility index (Phi) is 6.64. The van der Waals surface area contributed by atoms with Gasteiger partial charge in [0.05, 0.1) is 12.0 Å². The van der Waals surface area contributed by atoms with Crippen LogP contribution in [0.3, 0.4) is 0 Å². The molecule has 1 fully saturated rings. The fourth-order valence-corrected chi connectivity index (χ4v) is 4.50. The lowest BCUT2D eigenvalue weighted by Crippen LogP contribution is -2.49. The lowest BCUT2D eigenvalue weighted by atomic mass is 10.1. The van der Waals surface area contributed by atoms with Gasteiger partial charge in [-0.25, -0.2) is 4.68 Å². The number of aromatic nitrogens is 2. The van der Waals surface area contributed by atoms with Gasteiger partial charge < -0.3 is 9.32 Å². The van der Waals surface area contributed by atoms with Crippen LogP contribution in [-0.2, 0) is 0 Å². The average Bonchev–Trinajstić information content (AvgIpc) is 3.55. The average molecular weight is 467 g/mol. The largest absolute Gasteiger partial charge is 0.463 e. The van der Waals surface area contributed by atoms with E-state index < -0.39 is 0 Å². The molecule has 4 aromatic rings. The standard InChI is InChI=1S/C29H30N4O2/c1-22-12-13-26(23(2)20-22)33-27(21-25(30-33)28-11-7-19-35-28)29(34)32-17-15-31(16-18-32)14-6-10-24-8-4-3-5-9-24/h3-13,19-21H,14-18H2,1-2H3/b10-6+. The number of carbonyl (C=O) groups is 1. The first-order valence-electron chi connectivity index (χ1n) is 12.0. The molecule has 2 aromatic heterocycles. The minimum atomic E-state index is -0.00485. The summed E-state index contributed by atoms with van der Waals surface area (Å²) in [7, 11) is 0. The van der Waals surface area contributed by atoms with Crippen molar-refractivity contribution in [1.29, 1.82) is 0 Å². The van der Waals surface area contributed by atoms with Gasteiger partial charge in [-0.2, -0.15) is 5.10 Å². The molecule has 178 valence electrons. The smallest absolute Gasteiger partial charge is 0.272 e. The third-order valence-corrected chi connectivity index (χ3v) is 6.42. The van der Waals surface area contributed by atoms with Gasteiger partial charge >= 0.3 is 0 Å². The topological polar surface area (TPSA) is 54.5 Å². The Balaban J connectivity index is 1.32. The van der Waals surface area contributed by atoms with Gasteiger partial charge in [0.15, 0.2) is 5.76 Å². The highest BCUT2D eigenvalue weighted by atomic mass is 16.3. The zero-order chi connectivity index (χ0) is 24.2. The Bertz CT molecular complexity index is 1310. The summed E-state index contributed by atoms with van der Waals surface area (Å²) in [6.45, 7) is 8.04. The summed E-state index contributed by atoms with van der Waals surface area (Å²) in [4.78, 5) is 18.0. The van der Waals surface area contributed by atoms with Crippen molar-refractivity contribution >= 4 is 12.0 Å². The van der Waals surface area contributed by atoms with E-state index in [9.17, 15) is 4.79 Å². The summed E-state index contributed by atoms with van der Waals surface area (Å²) >= 11 is 0. The molecule has 1 saturated heterocycles. The van der Waals surface area contributed by atoms with E-state index >= 15 is 0 Å². The number of hydrogen-bond donors (Lipinski definition) is 0. The maximum atomic E-state index is 13.7. The molecule has 0 atom stereocenters. The van der Waals surface area contributed by atoms with Crippen LogP contribution in [0.5, 0.6) is 0 Å². The molecular weight excluding hydrogens is 436 g/mol. The first kappa shape index (κ1) is 22.9. The van der Waals surface area contributed by atoms with Crippen molar-refractivity contribution in [2.75, 3.05) is 32.7 Å². The van der Waals surface area contributed by atoms with Crippen LogP contribution in [0.1, 0.15) is 27.2 Å². The molecule has 0 bridgehead atoms. The summed E-state index contributed by atoms with van der Waals surface area (Å²) in [5, 5.41) is 4.77. The molecule has 35 heavy (non-hydrogen) atoms. The minimum Gasteiger partial charge on any atom is -0.463 e. The molecule has 0 N–H and O–H groups in total. The number of aryl methyl sites for hydroxylation is 2. The predicted octanol–water partition coefficient (Wildman–Crippen LogP) is 5.22. The fraction of sp³-hybridized carbons (Fsp3) is 0.241. The van der Waals surface area contributed by atoms with Crippen LogP contribution in [0.4, 0.5) is 0 Å². The molecule has 6 heteroatoms. The van der Waals surface area contributed by atoms with Crippen molar-refractivity contribution in [2.24, 2.45) is 0 Å².